The predicted octanol–water partition coefficient (Wildman–Crippen LogP) is 5.69. The van der Waals surface area contributed by atoms with Gasteiger partial charge in [0.15, 0.2) is 5.76 Å². The van der Waals surface area contributed by atoms with Crippen LogP contribution in [-0.2, 0) is 6.42 Å². The summed E-state index contributed by atoms with van der Waals surface area (Å²) in [5.74, 6) is -3.20. The van der Waals surface area contributed by atoms with Crippen molar-refractivity contribution < 1.29 is 31.9 Å². The van der Waals surface area contributed by atoms with Gasteiger partial charge in [-0.2, -0.15) is 13.2 Å². The molecule has 3 aromatic rings. The smallest absolute Gasteiger partial charge is 0.448 e. The van der Waals surface area contributed by atoms with Gasteiger partial charge in [-0.3, -0.25) is 9.78 Å². The van der Waals surface area contributed by atoms with Crippen LogP contribution in [0.15, 0.2) is 53.3 Å². The molecule has 1 aliphatic heterocycles. The van der Waals surface area contributed by atoms with Crippen LogP contribution in [-0.4, -0.2) is 33.7 Å². The molecule has 1 aliphatic rings. The summed E-state index contributed by atoms with van der Waals surface area (Å²) in [4.78, 5) is 19.5. The molecule has 0 atom stereocenters. The highest BCUT2D eigenvalue weighted by Crippen LogP contribution is 2.35. The Morgan fingerprint density at radius 1 is 1.19 bits per heavy atom. The van der Waals surface area contributed by atoms with E-state index < -0.39 is 23.6 Å². The first-order valence-electron chi connectivity index (χ1n) is 9.04. The number of aromatic amines is 1. The number of alkyl halides is 3. The molecule has 0 radical (unpaired) electrons. The van der Waals surface area contributed by atoms with Gasteiger partial charge in [0.2, 0.25) is 0 Å². The van der Waals surface area contributed by atoms with E-state index in [0.717, 1.165) is 23.0 Å². The topological polar surface area (TPSA) is 78.0 Å². The molecule has 0 saturated carbocycles. The molecule has 0 fully saturated rings. The van der Waals surface area contributed by atoms with Crippen LogP contribution in [0.3, 0.4) is 0 Å². The van der Waals surface area contributed by atoms with E-state index in [0.29, 0.717) is 28.7 Å². The minimum absolute atomic E-state index is 0.130. The molecule has 5 nitrogen and oxygen atoms in total. The highest BCUT2D eigenvalue weighted by molar-refractivity contribution is 9.10. The number of aliphatic hydroxyl groups is 1. The Labute approximate surface area is 187 Å². The third kappa shape index (κ3) is 4.98. The van der Waals surface area contributed by atoms with Crippen LogP contribution in [0.1, 0.15) is 16.1 Å². The molecule has 0 spiro atoms. The van der Waals surface area contributed by atoms with Gasteiger partial charge < -0.3 is 15.4 Å². The van der Waals surface area contributed by atoms with Gasteiger partial charge in [-0.25, -0.2) is 8.78 Å². The maximum Gasteiger partial charge on any atom is 0.448 e. The quantitative estimate of drug-likeness (QED) is 0.303. The van der Waals surface area contributed by atoms with Crippen LogP contribution in [0.2, 0.25) is 0 Å². The zero-order valence-electron chi connectivity index (χ0n) is 16.2. The molecule has 0 unspecified atom stereocenters. The van der Waals surface area contributed by atoms with E-state index >= 15 is 0 Å². The molecule has 1 amide bonds. The number of rotatable bonds is 2. The SMILES string of the molecule is C=C(O)C(F)(F)F.O=C1NCCc2[nH]c(-c3ccnc(-c4ccc(F)cc4F)c3)c(Br)c21. The number of H-pyrrole nitrogens is 1. The first-order valence-corrected chi connectivity index (χ1v) is 9.83. The molecule has 0 saturated heterocycles. The van der Waals surface area contributed by atoms with Crippen molar-refractivity contribution in [1.82, 2.24) is 15.3 Å². The van der Waals surface area contributed by atoms with Gasteiger partial charge in [0.1, 0.15) is 11.6 Å². The second-order valence-electron chi connectivity index (χ2n) is 6.67. The number of fused-ring (bicyclic) bond motifs is 1. The molecule has 0 aliphatic carbocycles. The van der Waals surface area contributed by atoms with Gasteiger partial charge in [0.25, 0.3) is 5.91 Å². The Kier molecular flexibility index (Phi) is 6.68. The average Bonchev–Trinajstić information content (AvgIpc) is 3.06. The lowest BCUT2D eigenvalue weighted by molar-refractivity contribution is -0.119. The van der Waals surface area contributed by atoms with Gasteiger partial charge in [-0.15, -0.1) is 0 Å². The van der Waals surface area contributed by atoms with Gasteiger partial charge in [0.05, 0.1) is 21.4 Å². The van der Waals surface area contributed by atoms with Crippen molar-refractivity contribution in [1.29, 1.82) is 0 Å². The Bertz CT molecular complexity index is 1190. The van der Waals surface area contributed by atoms with Crippen molar-refractivity contribution in [2.75, 3.05) is 6.54 Å². The molecule has 4 rings (SSSR count). The maximum absolute atomic E-state index is 14.0. The molecule has 3 heterocycles. The van der Waals surface area contributed by atoms with Gasteiger partial charge in [-0.05, 0) is 40.2 Å². The van der Waals surface area contributed by atoms with Crippen LogP contribution in [0.25, 0.3) is 22.5 Å². The maximum atomic E-state index is 14.0. The Morgan fingerprint density at radius 2 is 1.88 bits per heavy atom. The van der Waals surface area contributed by atoms with E-state index in [2.05, 4.69) is 37.8 Å². The first-order chi connectivity index (χ1) is 15.0. The lowest BCUT2D eigenvalue weighted by Gasteiger charge is -2.11. The van der Waals surface area contributed by atoms with Crippen LogP contribution < -0.4 is 5.32 Å². The summed E-state index contributed by atoms with van der Waals surface area (Å²) < 4.78 is 60.3. The number of pyridine rings is 1. The largest absolute Gasteiger partial charge is 0.505 e. The van der Waals surface area contributed by atoms with Crippen molar-refractivity contribution in [3.05, 3.63) is 76.2 Å². The van der Waals surface area contributed by atoms with Crippen LogP contribution in [0.4, 0.5) is 22.0 Å². The number of amides is 1. The van der Waals surface area contributed by atoms with Crippen molar-refractivity contribution in [3.63, 3.8) is 0 Å². The number of nitrogens with one attached hydrogen (secondary N) is 2. The molecular weight excluding hydrogens is 501 g/mol. The summed E-state index contributed by atoms with van der Waals surface area (Å²) in [5.41, 5.74) is 3.54. The number of hydrogen-bond donors (Lipinski definition) is 3. The number of halogens is 6. The predicted molar refractivity (Wildman–Crippen MR) is 111 cm³/mol. The highest BCUT2D eigenvalue weighted by atomic mass is 79.9. The summed E-state index contributed by atoms with van der Waals surface area (Å²) in [5, 5.41) is 10.4. The molecule has 2 aromatic heterocycles. The van der Waals surface area contributed by atoms with Crippen LogP contribution in [0.5, 0.6) is 0 Å². The fraction of sp³-hybridized carbons (Fsp3) is 0.143. The highest BCUT2D eigenvalue weighted by Gasteiger charge is 2.31. The van der Waals surface area contributed by atoms with E-state index in [1.807, 2.05) is 0 Å². The normalized spacial score (nSPS) is 13.0. The summed E-state index contributed by atoms with van der Waals surface area (Å²) in [7, 11) is 0. The zero-order chi connectivity index (χ0) is 23.6. The summed E-state index contributed by atoms with van der Waals surface area (Å²) in [6, 6.07) is 6.86. The second-order valence-corrected chi connectivity index (χ2v) is 7.46. The van der Waals surface area contributed by atoms with E-state index in [9.17, 15) is 26.7 Å². The van der Waals surface area contributed by atoms with E-state index in [-0.39, 0.29) is 11.5 Å². The van der Waals surface area contributed by atoms with Crippen molar-refractivity contribution >= 4 is 21.8 Å². The monoisotopic (exact) mass is 515 g/mol. The third-order valence-electron chi connectivity index (χ3n) is 4.49. The summed E-state index contributed by atoms with van der Waals surface area (Å²) in [6.45, 7) is 2.84. The molecular formula is C21H15BrF5N3O2. The van der Waals surface area contributed by atoms with E-state index in [1.165, 1.54) is 12.1 Å². The Morgan fingerprint density at radius 3 is 2.47 bits per heavy atom. The fourth-order valence-electron chi connectivity index (χ4n) is 2.97. The number of aromatic nitrogens is 2. The Hall–Kier alpha value is -3.21. The lowest BCUT2D eigenvalue weighted by atomic mass is 10.1. The van der Waals surface area contributed by atoms with Gasteiger partial charge >= 0.3 is 6.18 Å². The second kappa shape index (κ2) is 9.11. The van der Waals surface area contributed by atoms with E-state index in [4.69, 9.17) is 5.11 Å². The molecule has 0 bridgehead atoms. The number of benzene rings is 1. The Balaban J connectivity index is 0.000000360. The van der Waals surface area contributed by atoms with Crippen LogP contribution in [0, 0.1) is 11.6 Å². The number of allylic oxidation sites excluding steroid dienone is 1. The molecule has 11 heteroatoms. The number of carbonyl (C=O) groups is 1. The minimum Gasteiger partial charge on any atom is -0.505 e. The van der Waals surface area contributed by atoms with E-state index in [1.54, 1.807) is 18.3 Å². The minimum atomic E-state index is -4.64. The number of aliphatic hydroxyl groups excluding tert-OH is 1. The standard InChI is InChI=1S/C18H12BrF2N3O.C3H3F3O/c19-16-15-13(4-6-23-18(15)25)24-17(16)9-3-5-22-14(7-9)11-2-1-10(20)8-12(11)21;1-2(7)3(4,5)6/h1-3,5,7-8,24H,4,6H2,(H,23,25);7H,1H2. The van der Waals surface area contributed by atoms with Crippen molar-refractivity contribution in [2.45, 2.75) is 12.6 Å². The number of nitrogens with zero attached hydrogens (tertiary/aromatic N) is 1. The fourth-order valence-corrected chi connectivity index (χ4v) is 3.72. The molecule has 1 aromatic carbocycles. The molecule has 32 heavy (non-hydrogen) atoms. The first kappa shape index (κ1) is 23.5. The summed E-state index contributed by atoms with van der Waals surface area (Å²) in [6.07, 6.45) is -2.37. The lowest BCUT2D eigenvalue weighted by Crippen LogP contribution is -2.31. The van der Waals surface area contributed by atoms with Crippen molar-refractivity contribution in [3.8, 4) is 22.5 Å². The van der Waals surface area contributed by atoms with Crippen molar-refractivity contribution in [2.24, 2.45) is 0 Å². The van der Waals surface area contributed by atoms with Gasteiger partial charge in [0, 0.05) is 42.0 Å². The number of hydrogen-bond acceptors (Lipinski definition) is 3. The molecule has 168 valence electrons. The van der Waals surface area contributed by atoms with Crippen LogP contribution >= 0.6 is 15.9 Å². The zero-order valence-corrected chi connectivity index (χ0v) is 17.7. The summed E-state index contributed by atoms with van der Waals surface area (Å²) >= 11 is 3.48. The average molecular weight is 516 g/mol. The molecule has 3 N–H and O–H groups in total. The third-order valence-corrected chi connectivity index (χ3v) is 5.28. The number of carbonyl (C=O) groups excluding carboxylic acids is 1. The van der Waals surface area contributed by atoms with Gasteiger partial charge in [-0.1, -0.05) is 6.58 Å².